The van der Waals surface area contributed by atoms with Gasteiger partial charge in [0.2, 0.25) is 0 Å². The molecule has 0 aromatic carbocycles. The number of carbonyl (C=O) groups is 1. The van der Waals surface area contributed by atoms with Crippen LogP contribution in [0.2, 0.25) is 0 Å². The van der Waals surface area contributed by atoms with Gasteiger partial charge in [0.15, 0.2) is 0 Å². The summed E-state index contributed by atoms with van der Waals surface area (Å²) in [5.74, 6) is -0.325. The molecule has 0 aromatic rings. The van der Waals surface area contributed by atoms with E-state index < -0.39 is 13.9 Å². The van der Waals surface area contributed by atoms with Gasteiger partial charge >= 0.3 is 13.8 Å². The van der Waals surface area contributed by atoms with Crippen LogP contribution in [0, 0.1) is 0 Å². The first-order valence-electron chi connectivity index (χ1n) is 29.3. The highest BCUT2D eigenvalue weighted by molar-refractivity contribution is 7.47. The molecule has 0 rings (SSSR count). The molecule has 418 valence electrons. The summed E-state index contributed by atoms with van der Waals surface area (Å²) in [6.45, 7) is 5.37. The van der Waals surface area contributed by atoms with Crippen LogP contribution in [-0.4, -0.2) is 75.6 Å². The normalized spacial score (nSPS) is 14.3. The molecule has 1 N–H and O–H groups in total. The van der Waals surface area contributed by atoms with Gasteiger partial charge in [-0.25, -0.2) is 4.57 Å². The second-order valence-corrected chi connectivity index (χ2v) is 21.7. The molecular formula is C64H111NO7P+. The Morgan fingerprint density at radius 3 is 1.12 bits per heavy atom. The molecule has 0 spiro atoms. The second-order valence-electron chi connectivity index (χ2n) is 20.3. The molecule has 0 amide bonds. The predicted octanol–water partition coefficient (Wildman–Crippen LogP) is 18.8. The number of hydrogen-bond acceptors (Lipinski definition) is 6. The van der Waals surface area contributed by atoms with Gasteiger partial charge in [0.25, 0.3) is 0 Å². The van der Waals surface area contributed by atoms with Crippen LogP contribution in [0.1, 0.15) is 219 Å². The number of phosphoric acid groups is 1. The van der Waals surface area contributed by atoms with Gasteiger partial charge in [-0.1, -0.05) is 232 Å². The lowest BCUT2D eigenvalue weighted by atomic mass is 10.1. The number of hydrogen-bond donors (Lipinski definition) is 1. The number of allylic oxidation sites excluding steroid dienone is 20. The smallest absolute Gasteiger partial charge is 0.457 e. The molecule has 0 saturated heterocycles. The Balaban J connectivity index is 4.13. The van der Waals surface area contributed by atoms with Gasteiger partial charge < -0.3 is 18.9 Å². The van der Waals surface area contributed by atoms with Crippen molar-refractivity contribution in [1.29, 1.82) is 0 Å². The summed E-state index contributed by atoms with van der Waals surface area (Å²) in [7, 11) is 1.64. The number of rotatable bonds is 53. The number of phosphoric ester groups is 1. The number of likely N-dealkylation sites (N-methyl/N-ethyl adjacent to an activating group) is 1. The molecule has 2 atom stereocenters. The third-order valence-electron chi connectivity index (χ3n) is 12.0. The van der Waals surface area contributed by atoms with Gasteiger partial charge in [0.1, 0.15) is 19.3 Å². The van der Waals surface area contributed by atoms with Crippen LogP contribution in [-0.2, 0) is 27.9 Å². The Labute approximate surface area is 450 Å². The number of nitrogens with zero attached hydrogens (tertiary/aromatic N) is 1. The van der Waals surface area contributed by atoms with Gasteiger partial charge in [-0.3, -0.25) is 13.8 Å². The van der Waals surface area contributed by atoms with Gasteiger partial charge in [-0.2, -0.15) is 0 Å². The van der Waals surface area contributed by atoms with E-state index in [1.165, 1.54) is 96.3 Å². The zero-order valence-corrected chi connectivity index (χ0v) is 48.5. The van der Waals surface area contributed by atoms with Crippen LogP contribution in [0.4, 0.5) is 0 Å². The van der Waals surface area contributed by atoms with E-state index in [0.717, 1.165) is 103 Å². The van der Waals surface area contributed by atoms with Crippen molar-refractivity contribution in [3.63, 3.8) is 0 Å². The first-order valence-corrected chi connectivity index (χ1v) is 30.8. The summed E-state index contributed by atoms with van der Waals surface area (Å²) in [6, 6.07) is 0. The minimum Gasteiger partial charge on any atom is -0.457 e. The highest BCUT2D eigenvalue weighted by Gasteiger charge is 2.26. The van der Waals surface area contributed by atoms with Crippen molar-refractivity contribution < 1.29 is 37.3 Å². The maximum Gasteiger partial charge on any atom is 0.472 e. The van der Waals surface area contributed by atoms with Crippen LogP contribution < -0.4 is 0 Å². The summed E-state index contributed by atoms with van der Waals surface area (Å²) in [6.07, 6.45) is 79.7. The van der Waals surface area contributed by atoms with Crippen LogP contribution >= 0.6 is 7.82 Å². The lowest BCUT2D eigenvalue weighted by Gasteiger charge is -2.24. The van der Waals surface area contributed by atoms with E-state index >= 15 is 0 Å². The molecule has 0 saturated carbocycles. The maximum atomic E-state index is 12.8. The minimum absolute atomic E-state index is 0.0798. The molecule has 0 bridgehead atoms. The average Bonchev–Trinajstić information content (AvgIpc) is 3.35. The molecule has 0 aliphatic carbocycles. The zero-order valence-electron chi connectivity index (χ0n) is 47.6. The Kier molecular flexibility index (Phi) is 52.8. The summed E-state index contributed by atoms with van der Waals surface area (Å²) in [5.41, 5.74) is 0. The van der Waals surface area contributed by atoms with Crippen LogP contribution in [0.25, 0.3) is 0 Å². The van der Waals surface area contributed by atoms with Crippen molar-refractivity contribution in [3.05, 3.63) is 122 Å². The molecule has 0 radical (unpaired) electrons. The first-order chi connectivity index (χ1) is 35.6. The average molecular weight is 1040 g/mol. The van der Waals surface area contributed by atoms with Gasteiger partial charge in [-0.05, 0) is 103 Å². The largest absolute Gasteiger partial charge is 0.472 e. The first kappa shape index (κ1) is 69.9. The highest BCUT2D eigenvalue weighted by atomic mass is 31.2. The van der Waals surface area contributed by atoms with Gasteiger partial charge in [-0.15, -0.1) is 0 Å². The molecule has 9 heteroatoms. The number of carbonyl (C=O) groups excluding carboxylic acids is 1. The minimum atomic E-state index is -4.30. The summed E-state index contributed by atoms with van der Waals surface area (Å²) in [4.78, 5) is 23.1. The van der Waals surface area contributed by atoms with E-state index in [2.05, 4.69) is 135 Å². The Morgan fingerprint density at radius 2 is 0.753 bits per heavy atom. The molecule has 8 nitrogen and oxygen atoms in total. The lowest BCUT2D eigenvalue weighted by Crippen LogP contribution is -2.37. The SMILES string of the molecule is CC/C=C\C/C=C\C/C=C\C/C=C\C/C=C\CCCCCCCCCCCCOCC(COP(=O)(O)OCC[N+](C)(C)C)OC(=O)CCCCCCCCCCC/C=C\C/C=C\C/C=C\C/C=C\C/C=C\CC. The van der Waals surface area contributed by atoms with E-state index in [9.17, 15) is 14.3 Å². The predicted molar refractivity (Wildman–Crippen MR) is 316 cm³/mol. The molecule has 0 fully saturated rings. The van der Waals surface area contributed by atoms with Crippen molar-refractivity contribution >= 4 is 13.8 Å². The van der Waals surface area contributed by atoms with Gasteiger partial charge in [0, 0.05) is 13.0 Å². The molecule has 0 aliphatic rings. The molecule has 0 aromatic heterocycles. The summed E-state index contributed by atoms with van der Waals surface area (Å²) < 4.78 is 35.3. The van der Waals surface area contributed by atoms with Crippen molar-refractivity contribution in [2.75, 3.05) is 54.1 Å². The summed E-state index contributed by atoms with van der Waals surface area (Å²) >= 11 is 0. The molecular weight excluding hydrogens is 926 g/mol. The van der Waals surface area contributed by atoms with E-state index in [1.54, 1.807) is 0 Å². The number of quaternary nitrogens is 1. The quantitative estimate of drug-likeness (QED) is 0.0213. The molecule has 2 unspecified atom stereocenters. The van der Waals surface area contributed by atoms with Crippen molar-refractivity contribution in [3.8, 4) is 0 Å². The maximum absolute atomic E-state index is 12.8. The monoisotopic (exact) mass is 1040 g/mol. The third-order valence-corrected chi connectivity index (χ3v) is 13.0. The van der Waals surface area contributed by atoms with Crippen molar-refractivity contribution in [2.45, 2.75) is 225 Å². The number of ether oxygens (including phenoxy) is 2. The third kappa shape index (κ3) is 59.7. The van der Waals surface area contributed by atoms with Crippen LogP contribution in [0.5, 0.6) is 0 Å². The van der Waals surface area contributed by atoms with Crippen molar-refractivity contribution in [2.24, 2.45) is 0 Å². The standard InChI is InChI=1S/C64H110NO7P/c1-6-8-10-12-14-16-18-20-22-24-26-28-30-32-34-36-38-40-42-44-46-48-50-52-54-56-59-69-61-63(62-71-73(67,68)70-60-58-65(3,4)5)72-64(66)57-55-53-51-49-47-45-43-41-39-37-35-33-31-29-27-25-23-21-19-17-15-13-11-9-7-2/h8-11,14-17,20-23,26-29,32-35,63H,6-7,12-13,18-19,24-25,30-31,36-62H2,1-5H3/p+1/b10-8-,11-9-,16-14-,17-15-,22-20-,23-21-,28-26-,29-27-,34-32-,35-33-. The second kappa shape index (κ2) is 55.1. The molecule has 73 heavy (non-hydrogen) atoms. The van der Waals surface area contributed by atoms with E-state index in [1.807, 2.05) is 21.1 Å². The van der Waals surface area contributed by atoms with Crippen LogP contribution in [0.3, 0.4) is 0 Å². The fourth-order valence-electron chi connectivity index (χ4n) is 7.61. The fraction of sp³-hybridized carbons (Fsp3) is 0.672. The Bertz CT molecular complexity index is 1580. The van der Waals surface area contributed by atoms with E-state index in [0.29, 0.717) is 24.1 Å². The van der Waals surface area contributed by atoms with Crippen molar-refractivity contribution in [1.82, 2.24) is 0 Å². The van der Waals surface area contributed by atoms with E-state index in [-0.39, 0.29) is 25.8 Å². The van der Waals surface area contributed by atoms with Gasteiger partial charge in [0.05, 0.1) is 34.4 Å². The zero-order chi connectivity index (χ0) is 53.3. The molecule has 0 heterocycles. The number of esters is 1. The summed E-state index contributed by atoms with van der Waals surface area (Å²) in [5, 5.41) is 0. The lowest BCUT2D eigenvalue weighted by molar-refractivity contribution is -0.870. The van der Waals surface area contributed by atoms with E-state index in [4.69, 9.17) is 18.5 Å². The topological polar surface area (TPSA) is 91.3 Å². The fourth-order valence-corrected chi connectivity index (χ4v) is 8.35. The Morgan fingerprint density at radius 1 is 0.425 bits per heavy atom. The number of unbranched alkanes of at least 4 members (excludes halogenated alkanes) is 19. The highest BCUT2D eigenvalue weighted by Crippen LogP contribution is 2.43. The molecule has 0 aliphatic heterocycles. The Hall–Kier alpha value is -3.10. The van der Waals surface area contributed by atoms with Crippen LogP contribution in [0.15, 0.2) is 122 Å².